The van der Waals surface area contributed by atoms with Crippen LogP contribution in [0.25, 0.3) is 10.9 Å². The Labute approximate surface area is 160 Å². The molecular weight excluding hydrogens is 406 g/mol. The maximum absolute atomic E-state index is 12.2. The second kappa shape index (κ2) is 7.08. The van der Waals surface area contributed by atoms with Gasteiger partial charge >= 0.3 is 6.09 Å². The number of amides is 1. The summed E-state index contributed by atoms with van der Waals surface area (Å²) in [5.41, 5.74) is 0.366. The molecule has 1 aliphatic heterocycles. The molecule has 2 aromatic rings. The second-order valence-electron chi connectivity index (χ2n) is 7.28. The highest BCUT2D eigenvalue weighted by Gasteiger charge is 2.29. The Morgan fingerprint density at radius 3 is 2.60 bits per heavy atom. The van der Waals surface area contributed by atoms with Crippen LogP contribution in [-0.4, -0.2) is 39.7 Å². The molecule has 3 rings (SSSR count). The lowest BCUT2D eigenvalue weighted by molar-refractivity contribution is 0.0203. The zero-order chi connectivity index (χ0) is 18.2. The minimum absolute atomic E-state index is 0.198. The molecule has 0 spiro atoms. The molecule has 1 aromatic heterocycles. The first-order valence-electron chi connectivity index (χ1n) is 8.33. The van der Waals surface area contributed by atoms with E-state index in [9.17, 15) is 4.79 Å². The molecule has 25 heavy (non-hydrogen) atoms. The van der Waals surface area contributed by atoms with Gasteiger partial charge in [-0.25, -0.2) is 14.8 Å². The van der Waals surface area contributed by atoms with Crippen molar-refractivity contribution in [1.29, 1.82) is 0 Å². The van der Waals surface area contributed by atoms with Gasteiger partial charge in [-0.2, -0.15) is 0 Å². The molecule has 2 heterocycles. The van der Waals surface area contributed by atoms with Gasteiger partial charge in [0.15, 0.2) is 0 Å². The molecule has 1 fully saturated rings. The molecule has 0 N–H and O–H groups in total. The summed E-state index contributed by atoms with van der Waals surface area (Å²) in [6.07, 6.45) is 1.35. The van der Waals surface area contributed by atoms with Crippen molar-refractivity contribution in [2.24, 2.45) is 0 Å². The molecule has 1 saturated heterocycles. The highest BCUT2D eigenvalue weighted by Crippen LogP contribution is 2.30. The zero-order valence-corrected chi connectivity index (χ0v) is 16.9. The third kappa shape index (κ3) is 4.42. The van der Waals surface area contributed by atoms with Gasteiger partial charge in [-0.05, 0) is 51.8 Å². The fourth-order valence-corrected chi connectivity index (χ4v) is 3.51. The molecule has 1 aliphatic rings. The van der Waals surface area contributed by atoms with Gasteiger partial charge in [-0.3, -0.25) is 0 Å². The third-order valence-electron chi connectivity index (χ3n) is 4.14. The van der Waals surface area contributed by atoms with Gasteiger partial charge in [0.25, 0.3) is 0 Å². The summed E-state index contributed by atoms with van der Waals surface area (Å²) in [4.78, 5) is 23.1. The molecule has 0 saturated carbocycles. The van der Waals surface area contributed by atoms with Crippen molar-refractivity contribution in [3.63, 3.8) is 0 Å². The van der Waals surface area contributed by atoms with E-state index in [1.165, 1.54) is 0 Å². The largest absolute Gasteiger partial charge is 0.444 e. The molecule has 134 valence electrons. The van der Waals surface area contributed by atoms with Gasteiger partial charge in [0, 0.05) is 28.9 Å². The van der Waals surface area contributed by atoms with Crippen LogP contribution in [0.5, 0.6) is 0 Å². The van der Waals surface area contributed by atoms with Crippen LogP contribution in [0.1, 0.15) is 45.4 Å². The summed E-state index contributed by atoms with van der Waals surface area (Å²) in [7, 11) is 0. The van der Waals surface area contributed by atoms with E-state index < -0.39 is 5.60 Å². The average molecular weight is 427 g/mol. The minimum Gasteiger partial charge on any atom is -0.444 e. The van der Waals surface area contributed by atoms with Crippen molar-refractivity contribution in [3.05, 3.63) is 33.6 Å². The summed E-state index contributed by atoms with van der Waals surface area (Å²) in [6.45, 7) is 6.90. The van der Waals surface area contributed by atoms with Crippen LogP contribution in [0.15, 0.2) is 22.7 Å². The van der Waals surface area contributed by atoms with Crippen molar-refractivity contribution >= 4 is 44.5 Å². The molecule has 5 nitrogen and oxygen atoms in total. The number of ether oxygens (including phenoxy) is 1. The van der Waals surface area contributed by atoms with Crippen LogP contribution in [-0.2, 0) is 4.74 Å². The van der Waals surface area contributed by atoms with Crippen LogP contribution in [0, 0.1) is 0 Å². The number of nitrogens with zero attached hydrogens (tertiary/aromatic N) is 3. The number of fused-ring (bicyclic) bond motifs is 1. The van der Waals surface area contributed by atoms with Crippen LogP contribution in [0.3, 0.4) is 0 Å². The van der Waals surface area contributed by atoms with E-state index in [2.05, 4.69) is 25.9 Å². The maximum Gasteiger partial charge on any atom is 0.410 e. The number of likely N-dealkylation sites (tertiary alicyclic amines) is 1. The lowest BCUT2D eigenvalue weighted by atomic mass is 9.96. The van der Waals surface area contributed by atoms with Crippen molar-refractivity contribution in [2.75, 3.05) is 13.1 Å². The van der Waals surface area contributed by atoms with Gasteiger partial charge in [-0.15, -0.1) is 0 Å². The number of hydrogen-bond acceptors (Lipinski definition) is 4. The number of hydrogen-bond donors (Lipinski definition) is 0. The standard InChI is InChI=1S/C18H21BrClN3O2/c1-18(2,3)25-17(24)23-8-6-11(7-9-23)16-21-14-5-4-12(19)10-13(14)15(20)22-16/h4-5,10-11H,6-9H2,1-3H3. The molecule has 0 atom stereocenters. The molecule has 7 heteroatoms. The third-order valence-corrected chi connectivity index (χ3v) is 4.92. The Balaban J connectivity index is 1.72. The van der Waals surface area contributed by atoms with Gasteiger partial charge < -0.3 is 9.64 Å². The second-order valence-corrected chi connectivity index (χ2v) is 8.55. The fourth-order valence-electron chi connectivity index (χ4n) is 2.91. The van der Waals surface area contributed by atoms with Crippen LogP contribution >= 0.6 is 27.5 Å². The van der Waals surface area contributed by atoms with Crippen LogP contribution in [0.4, 0.5) is 4.79 Å². The van der Waals surface area contributed by atoms with Crippen molar-refractivity contribution in [2.45, 2.75) is 45.1 Å². The average Bonchev–Trinajstić information content (AvgIpc) is 2.54. The lowest BCUT2D eigenvalue weighted by Gasteiger charge is -2.33. The quantitative estimate of drug-likeness (QED) is 0.591. The van der Waals surface area contributed by atoms with E-state index in [0.29, 0.717) is 18.2 Å². The first-order valence-corrected chi connectivity index (χ1v) is 9.50. The Bertz CT molecular complexity index is 799. The van der Waals surface area contributed by atoms with Crippen LogP contribution in [0.2, 0.25) is 5.15 Å². The fraction of sp³-hybridized carbons (Fsp3) is 0.500. The summed E-state index contributed by atoms with van der Waals surface area (Å²) >= 11 is 9.79. The van der Waals surface area contributed by atoms with Gasteiger partial charge in [0.1, 0.15) is 16.6 Å². The highest BCUT2D eigenvalue weighted by molar-refractivity contribution is 9.10. The summed E-state index contributed by atoms with van der Waals surface area (Å²) in [6, 6.07) is 5.80. The molecule has 1 amide bonds. The van der Waals surface area contributed by atoms with E-state index in [1.54, 1.807) is 4.90 Å². The number of halogens is 2. The number of carbonyl (C=O) groups is 1. The lowest BCUT2D eigenvalue weighted by Crippen LogP contribution is -2.41. The molecule has 0 aliphatic carbocycles. The van der Waals surface area contributed by atoms with Gasteiger partial charge in [-0.1, -0.05) is 27.5 Å². The van der Waals surface area contributed by atoms with E-state index >= 15 is 0 Å². The molecule has 0 radical (unpaired) electrons. The van der Waals surface area contributed by atoms with E-state index in [1.807, 2.05) is 39.0 Å². The van der Waals surface area contributed by atoms with Crippen molar-refractivity contribution in [3.8, 4) is 0 Å². The number of benzene rings is 1. The predicted molar refractivity (Wildman–Crippen MR) is 102 cm³/mol. The van der Waals surface area contributed by atoms with Crippen molar-refractivity contribution < 1.29 is 9.53 Å². The summed E-state index contributed by atoms with van der Waals surface area (Å²) in [5.74, 6) is 0.952. The number of aromatic nitrogens is 2. The van der Waals surface area contributed by atoms with Gasteiger partial charge in [0.2, 0.25) is 0 Å². The Hall–Kier alpha value is -1.40. The molecule has 0 bridgehead atoms. The van der Waals surface area contributed by atoms with Crippen LogP contribution < -0.4 is 0 Å². The maximum atomic E-state index is 12.2. The van der Waals surface area contributed by atoms with Crippen molar-refractivity contribution in [1.82, 2.24) is 14.9 Å². The Kier molecular flexibility index (Phi) is 5.21. The van der Waals surface area contributed by atoms with E-state index in [-0.39, 0.29) is 12.0 Å². The Morgan fingerprint density at radius 1 is 1.28 bits per heavy atom. The van der Waals surface area contributed by atoms with Gasteiger partial charge in [0.05, 0.1) is 5.52 Å². The van der Waals surface area contributed by atoms with E-state index in [4.69, 9.17) is 16.3 Å². The first-order chi connectivity index (χ1) is 11.7. The summed E-state index contributed by atoms with van der Waals surface area (Å²) in [5, 5.41) is 1.31. The highest BCUT2D eigenvalue weighted by atomic mass is 79.9. The molecular formula is C18H21BrClN3O2. The number of rotatable bonds is 1. The smallest absolute Gasteiger partial charge is 0.410 e. The zero-order valence-electron chi connectivity index (χ0n) is 14.6. The minimum atomic E-state index is -0.475. The summed E-state index contributed by atoms with van der Waals surface area (Å²) < 4.78 is 6.38. The van der Waals surface area contributed by atoms with E-state index in [0.717, 1.165) is 34.0 Å². The normalized spacial score (nSPS) is 16.3. The topological polar surface area (TPSA) is 55.3 Å². The Morgan fingerprint density at radius 2 is 1.96 bits per heavy atom. The SMILES string of the molecule is CC(C)(C)OC(=O)N1CCC(c2nc(Cl)c3cc(Br)ccc3n2)CC1. The first kappa shape index (κ1) is 18.4. The predicted octanol–water partition coefficient (Wildman–Crippen LogP) is 5.16. The molecule has 0 unspecified atom stereocenters. The number of piperidine rings is 1. The number of carbonyl (C=O) groups excluding carboxylic acids is 1. The molecule has 1 aromatic carbocycles. The monoisotopic (exact) mass is 425 g/mol.